The average Bonchev–Trinajstić information content (AvgIpc) is 3.40. The number of carbonyl (C=O) groups is 1. The molecule has 5 rings (SSSR count). The van der Waals surface area contributed by atoms with Crippen LogP contribution in [-0.2, 0) is 11.3 Å². The normalized spacial score (nSPS) is 14.2. The predicted octanol–water partition coefficient (Wildman–Crippen LogP) is 8.19. The SMILES string of the molecule is Cc1ccc(-c2ccc(/C=C/C(=O)Nc3ccc(N4CCN(Cc5ccccc5Cl)CC4)c(Cl)c3)o2)cc1Cl. The summed E-state index contributed by atoms with van der Waals surface area (Å²) < 4.78 is 5.85. The fourth-order valence-electron chi connectivity index (χ4n) is 4.54. The molecular formula is C31H28Cl3N3O2. The molecule has 1 aliphatic rings. The van der Waals surface area contributed by atoms with Crippen molar-refractivity contribution in [3.8, 4) is 11.3 Å². The van der Waals surface area contributed by atoms with Gasteiger partial charge in [0, 0.05) is 60.1 Å². The number of aryl methyl sites for hydroxylation is 1. The van der Waals surface area contributed by atoms with Crippen molar-refractivity contribution in [2.45, 2.75) is 13.5 Å². The van der Waals surface area contributed by atoms with Crippen LogP contribution in [0.1, 0.15) is 16.9 Å². The highest BCUT2D eigenvalue weighted by Gasteiger charge is 2.20. The predicted molar refractivity (Wildman–Crippen MR) is 162 cm³/mol. The van der Waals surface area contributed by atoms with Gasteiger partial charge in [-0.15, -0.1) is 0 Å². The first-order valence-electron chi connectivity index (χ1n) is 12.7. The van der Waals surface area contributed by atoms with Crippen molar-refractivity contribution in [1.82, 2.24) is 4.90 Å². The van der Waals surface area contributed by atoms with Crippen LogP contribution in [0.5, 0.6) is 0 Å². The number of nitrogens with zero attached hydrogens (tertiary/aromatic N) is 2. The quantitative estimate of drug-likeness (QED) is 0.224. The molecule has 4 aromatic rings. The second kappa shape index (κ2) is 12.3. The molecule has 1 N–H and O–H groups in total. The minimum atomic E-state index is -0.275. The number of nitrogens with one attached hydrogen (secondary N) is 1. The van der Waals surface area contributed by atoms with Gasteiger partial charge in [-0.25, -0.2) is 0 Å². The zero-order valence-electron chi connectivity index (χ0n) is 21.5. The molecule has 200 valence electrons. The molecule has 0 aliphatic carbocycles. The molecule has 1 saturated heterocycles. The van der Waals surface area contributed by atoms with Gasteiger partial charge in [-0.3, -0.25) is 9.69 Å². The van der Waals surface area contributed by atoms with Crippen molar-refractivity contribution in [3.05, 3.63) is 111 Å². The van der Waals surface area contributed by atoms with Crippen LogP contribution in [0.15, 0.2) is 83.3 Å². The Labute approximate surface area is 243 Å². The summed E-state index contributed by atoms with van der Waals surface area (Å²) in [6.07, 6.45) is 3.07. The average molecular weight is 581 g/mol. The van der Waals surface area contributed by atoms with Crippen molar-refractivity contribution in [2.24, 2.45) is 0 Å². The summed E-state index contributed by atoms with van der Waals surface area (Å²) in [4.78, 5) is 17.2. The number of hydrogen-bond donors (Lipinski definition) is 1. The minimum absolute atomic E-state index is 0.275. The number of benzene rings is 3. The number of amides is 1. The van der Waals surface area contributed by atoms with E-state index in [9.17, 15) is 4.79 Å². The number of piperazine rings is 1. The molecule has 5 nitrogen and oxygen atoms in total. The molecule has 1 aliphatic heterocycles. The highest BCUT2D eigenvalue weighted by Crippen LogP contribution is 2.31. The lowest BCUT2D eigenvalue weighted by Crippen LogP contribution is -2.46. The summed E-state index contributed by atoms with van der Waals surface area (Å²) >= 11 is 19.2. The number of rotatable bonds is 7. The van der Waals surface area contributed by atoms with Gasteiger partial charge in [-0.1, -0.05) is 65.1 Å². The van der Waals surface area contributed by atoms with Gasteiger partial charge in [-0.2, -0.15) is 0 Å². The number of furan rings is 1. The third-order valence-electron chi connectivity index (χ3n) is 6.76. The largest absolute Gasteiger partial charge is 0.457 e. The van der Waals surface area contributed by atoms with Crippen LogP contribution < -0.4 is 10.2 Å². The molecule has 1 aromatic heterocycles. The number of anilines is 2. The Morgan fingerprint density at radius 3 is 2.44 bits per heavy atom. The molecule has 0 bridgehead atoms. The lowest BCUT2D eigenvalue weighted by atomic mass is 10.1. The summed E-state index contributed by atoms with van der Waals surface area (Å²) in [6.45, 7) is 6.33. The Bertz CT molecular complexity index is 1510. The summed E-state index contributed by atoms with van der Waals surface area (Å²) in [6, 6.07) is 23.0. The van der Waals surface area contributed by atoms with Gasteiger partial charge in [0.05, 0.1) is 10.7 Å². The molecule has 0 atom stereocenters. The van der Waals surface area contributed by atoms with E-state index in [1.54, 1.807) is 12.1 Å². The van der Waals surface area contributed by atoms with E-state index in [2.05, 4.69) is 21.2 Å². The summed E-state index contributed by atoms with van der Waals surface area (Å²) in [5, 5.41) is 4.95. The van der Waals surface area contributed by atoms with E-state index >= 15 is 0 Å². The third-order valence-corrected chi connectivity index (χ3v) is 7.84. The standard InChI is InChI=1S/C31H28Cl3N3O2/c1-21-6-7-22(18-27(21)33)30-12-9-25(39-30)10-13-31(38)35-24-8-11-29(28(34)19-24)37-16-14-36(15-17-37)20-23-4-2-3-5-26(23)32/h2-13,18-19H,14-17,20H2,1H3,(H,35,38)/b13-10+. The van der Waals surface area contributed by atoms with Crippen LogP contribution in [0, 0.1) is 6.92 Å². The van der Waals surface area contributed by atoms with Crippen LogP contribution in [-0.4, -0.2) is 37.0 Å². The van der Waals surface area contributed by atoms with Gasteiger partial charge in [-0.05, 0) is 66.6 Å². The van der Waals surface area contributed by atoms with Gasteiger partial charge >= 0.3 is 0 Å². The molecule has 1 amide bonds. The van der Waals surface area contributed by atoms with E-state index in [1.165, 1.54) is 6.08 Å². The Morgan fingerprint density at radius 2 is 1.69 bits per heavy atom. The molecule has 8 heteroatoms. The molecule has 0 unspecified atom stereocenters. The van der Waals surface area contributed by atoms with Crippen LogP contribution in [0.3, 0.4) is 0 Å². The monoisotopic (exact) mass is 579 g/mol. The van der Waals surface area contributed by atoms with Gasteiger partial charge in [0.1, 0.15) is 11.5 Å². The molecule has 39 heavy (non-hydrogen) atoms. The zero-order valence-corrected chi connectivity index (χ0v) is 23.7. The van der Waals surface area contributed by atoms with E-state index in [0.29, 0.717) is 27.3 Å². The van der Waals surface area contributed by atoms with Crippen molar-refractivity contribution in [1.29, 1.82) is 0 Å². The number of halogens is 3. The first kappa shape index (κ1) is 27.4. The first-order chi connectivity index (χ1) is 18.9. The van der Waals surface area contributed by atoms with E-state index in [1.807, 2.05) is 67.6 Å². The minimum Gasteiger partial charge on any atom is -0.457 e. The van der Waals surface area contributed by atoms with E-state index < -0.39 is 0 Å². The topological polar surface area (TPSA) is 48.7 Å². The Kier molecular flexibility index (Phi) is 8.63. The lowest BCUT2D eigenvalue weighted by molar-refractivity contribution is -0.111. The molecule has 2 heterocycles. The molecule has 0 radical (unpaired) electrons. The number of hydrogen-bond acceptors (Lipinski definition) is 4. The van der Waals surface area contributed by atoms with Crippen LogP contribution in [0.4, 0.5) is 11.4 Å². The van der Waals surface area contributed by atoms with Crippen molar-refractivity contribution in [3.63, 3.8) is 0 Å². The fourth-order valence-corrected chi connectivity index (χ4v) is 5.22. The van der Waals surface area contributed by atoms with Crippen LogP contribution in [0.25, 0.3) is 17.4 Å². The number of carbonyl (C=O) groups excluding carboxylic acids is 1. The second-order valence-corrected chi connectivity index (χ2v) is 10.7. The maximum Gasteiger partial charge on any atom is 0.248 e. The van der Waals surface area contributed by atoms with Crippen molar-refractivity contribution in [2.75, 3.05) is 36.4 Å². The third kappa shape index (κ3) is 6.87. The van der Waals surface area contributed by atoms with E-state index in [0.717, 1.165) is 60.1 Å². The lowest BCUT2D eigenvalue weighted by Gasteiger charge is -2.36. The Balaban J connectivity index is 1.15. The summed E-state index contributed by atoms with van der Waals surface area (Å²) in [5.74, 6) is 0.978. The second-order valence-electron chi connectivity index (χ2n) is 9.51. The van der Waals surface area contributed by atoms with Crippen molar-refractivity contribution >= 4 is 58.2 Å². The Morgan fingerprint density at radius 1 is 0.897 bits per heavy atom. The van der Waals surface area contributed by atoms with Gasteiger partial charge in [0.25, 0.3) is 0 Å². The highest BCUT2D eigenvalue weighted by molar-refractivity contribution is 6.33. The molecule has 1 fully saturated rings. The highest BCUT2D eigenvalue weighted by atomic mass is 35.5. The van der Waals surface area contributed by atoms with Crippen LogP contribution >= 0.6 is 34.8 Å². The fraction of sp³-hybridized carbons (Fsp3) is 0.194. The van der Waals surface area contributed by atoms with E-state index in [-0.39, 0.29) is 5.91 Å². The van der Waals surface area contributed by atoms with Crippen LogP contribution in [0.2, 0.25) is 15.1 Å². The maximum atomic E-state index is 12.5. The van der Waals surface area contributed by atoms with E-state index in [4.69, 9.17) is 39.2 Å². The molecule has 3 aromatic carbocycles. The Hall–Kier alpha value is -3.22. The maximum absolute atomic E-state index is 12.5. The molecule has 0 spiro atoms. The van der Waals surface area contributed by atoms with Gasteiger partial charge < -0.3 is 14.6 Å². The first-order valence-corrected chi connectivity index (χ1v) is 13.8. The molecular weight excluding hydrogens is 553 g/mol. The smallest absolute Gasteiger partial charge is 0.248 e. The van der Waals surface area contributed by atoms with Crippen molar-refractivity contribution < 1.29 is 9.21 Å². The van der Waals surface area contributed by atoms with Gasteiger partial charge in [0.2, 0.25) is 5.91 Å². The van der Waals surface area contributed by atoms with Gasteiger partial charge in [0.15, 0.2) is 0 Å². The summed E-state index contributed by atoms with van der Waals surface area (Å²) in [5.41, 5.74) is 4.62. The zero-order chi connectivity index (χ0) is 27.4. The molecule has 0 saturated carbocycles. The summed E-state index contributed by atoms with van der Waals surface area (Å²) in [7, 11) is 0.